The predicted octanol–water partition coefficient (Wildman–Crippen LogP) is 7.64. The molecular formula is C33H38Cl2FNO5. The Morgan fingerprint density at radius 3 is 2.38 bits per heavy atom. The summed E-state index contributed by atoms with van der Waals surface area (Å²) in [5.41, 5.74) is 7.56. The van der Waals surface area contributed by atoms with E-state index < -0.39 is 11.6 Å². The number of hydrogen-bond acceptors (Lipinski definition) is 5. The molecule has 0 aliphatic carbocycles. The standard InChI is InChI=1S/C22H24FNO3.C7H4Cl2O.C4H10O/c1-12-9-19-15(6-7-24(19)3)21(16(12)11-20(25)26)17-10-18(23)22-14(13(17)2)5-4-8-27-22;8-6-2-1-5(4-10)7(9)3-6;1-4(2,3)5/h9-10H,4-8,11H2,1-3H3,(H,25,26);1-4H;5H,1-3H3. The normalized spacial score (nSPS) is 13.5. The number of fused-ring (bicyclic) bond motifs is 2. The third-order valence-electron chi connectivity index (χ3n) is 6.97. The van der Waals surface area contributed by atoms with Crippen molar-refractivity contribution in [1.82, 2.24) is 0 Å². The third kappa shape index (κ3) is 8.24. The van der Waals surface area contributed by atoms with Crippen LogP contribution in [0.4, 0.5) is 10.1 Å². The summed E-state index contributed by atoms with van der Waals surface area (Å²) in [4.78, 5) is 23.9. The van der Waals surface area contributed by atoms with Gasteiger partial charge in [0.05, 0.1) is 23.7 Å². The number of likely N-dealkylation sites (N-methyl/N-ethyl adjacent to an activating group) is 1. The highest BCUT2D eigenvalue weighted by Crippen LogP contribution is 2.44. The average Bonchev–Trinajstić information content (AvgIpc) is 3.26. The number of rotatable bonds is 4. The first-order chi connectivity index (χ1) is 19.6. The number of halogens is 3. The van der Waals surface area contributed by atoms with Crippen LogP contribution in [0.25, 0.3) is 11.1 Å². The molecule has 2 aliphatic rings. The van der Waals surface area contributed by atoms with Gasteiger partial charge in [-0.25, -0.2) is 4.39 Å². The molecule has 0 amide bonds. The molecule has 0 atom stereocenters. The summed E-state index contributed by atoms with van der Waals surface area (Å²) in [5.74, 6) is -0.859. The van der Waals surface area contributed by atoms with Crippen LogP contribution in [0.5, 0.6) is 5.75 Å². The smallest absolute Gasteiger partial charge is 0.307 e. The van der Waals surface area contributed by atoms with Crippen LogP contribution in [-0.2, 0) is 24.1 Å². The molecule has 9 heteroatoms. The van der Waals surface area contributed by atoms with E-state index in [1.807, 2.05) is 20.9 Å². The van der Waals surface area contributed by atoms with Crippen LogP contribution in [0.2, 0.25) is 10.0 Å². The number of aliphatic carboxylic acids is 1. The maximum Gasteiger partial charge on any atom is 0.307 e. The van der Waals surface area contributed by atoms with Crippen molar-refractivity contribution in [2.24, 2.45) is 0 Å². The maximum absolute atomic E-state index is 14.9. The number of hydrogen-bond donors (Lipinski definition) is 2. The minimum Gasteiger partial charge on any atom is -0.490 e. The minimum absolute atomic E-state index is 0.0627. The van der Waals surface area contributed by atoms with E-state index in [0.717, 1.165) is 70.4 Å². The summed E-state index contributed by atoms with van der Waals surface area (Å²) in [6.07, 6.45) is 3.12. The molecule has 0 spiro atoms. The van der Waals surface area contributed by atoms with Gasteiger partial charge in [-0.2, -0.15) is 0 Å². The summed E-state index contributed by atoms with van der Waals surface area (Å²) in [5, 5.41) is 18.9. The SMILES string of the molecule is CC(C)(C)O.Cc1cc2c(c(-c3cc(F)c4c(c3C)CCCO4)c1CC(=O)O)CCN2C.O=Cc1ccc(Cl)cc1Cl. The number of carboxylic acids is 1. The summed E-state index contributed by atoms with van der Waals surface area (Å²) in [6, 6.07) is 8.34. The van der Waals surface area contributed by atoms with Gasteiger partial charge in [-0.15, -0.1) is 0 Å². The summed E-state index contributed by atoms with van der Waals surface area (Å²) < 4.78 is 20.4. The first kappa shape index (κ1) is 33.4. The van der Waals surface area contributed by atoms with Crippen LogP contribution in [-0.4, -0.2) is 48.3 Å². The molecule has 0 unspecified atom stereocenters. The van der Waals surface area contributed by atoms with E-state index in [1.54, 1.807) is 32.9 Å². The second-order valence-corrected chi connectivity index (χ2v) is 12.4. The van der Waals surface area contributed by atoms with Gasteiger partial charge in [-0.05, 0) is 118 Å². The number of aldehydes is 1. The number of ether oxygens (including phenoxy) is 1. The van der Waals surface area contributed by atoms with Crippen LogP contribution in [0, 0.1) is 19.7 Å². The van der Waals surface area contributed by atoms with E-state index in [2.05, 4.69) is 11.0 Å². The number of nitrogens with zero attached hydrogens (tertiary/aromatic N) is 1. The maximum atomic E-state index is 14.9. The highest BCUT2D eigenvalue weighted by molar-refractivity contribution is 6.36. The third-order valence-corrected chi connectivity index (χ3v) is 7.54. The highest BCUT2D eigenvalue weighted by atomic mass is 35.5. The van der Waals surface area contributed by atoms with E-state index in [0.29, 0.717) is 34.3 Å². The Morgan fingerprint density at radius 2 is 1.79 bits per heavy atom. The summed E-state index contributed by atoms with van der Waals surface area (Å²) in [7, 11) is 2.04. The summed E-state index contributed by atoms with van der Waals surface area (Å²) in [6.45, 7) is 10.6. The zero-order chi connectivity index (χ0) is 31.4. The minimum atomic E-state index is -0.870. The number of carbonyl (C=O) groups excluding carboxylic acids is 1. The molecule has 0 fully saturated rings. The van der Waals surface area contributed by atoms with E-state index in [-0.39, 0.29) is 12.2 Å². The van der Waals surface area contributed by atoms with Crippen molar-refractivity contribution in [1.29, 1.82) is 0 Å². The average molecular weight is 619 g/mol. The second-order valence-electron chi connectivity index (χ2n) is 11.5. The van der Waals surface area contributed by atoms with Crippen LogP contribution in [0.1, 0.15) is 65.4 Å². The Balaban J connectivity index is 0.000000266. The van der Waals surface area contributed by atoms with Gasteiger partial charge in [-0.3, -0.25) is 9.59 Å². The first-order valence-corrected chi connectivity index (χ1v) is 14.5. The van der Waals surface area contributed by atoms with Gasteiger partial charge in [0, 0.05) is 35.4 Å². The number of carbonyl (C=O) groups is 2. The number of aliphatic hydroxyl groups is 1. The van der Waals surface area contributed by atoms with Gasteiger partial charge < -0.3 is 19.8 Å². The zero-order valence-electron chi connectivity index (χ0n) is 24.9. The van der Waals surface area contributed by atoms with Crippen molar-refractivity contribution in [2.45, 2.75) is 65.9 Å². The number of anilines is 1. The molecule has 42 heavy (non-hydrogen) atoms. The van der Waals surface area contributed by atoms with E-state index in [4.69, 9.17) is 33.0 Å². The van der Waals surface area contributed by atoms with Crippen molar-refractivity contribution in [3.63, 3.8) is 0 Å². The first-order valence-electron chi connectivity index (χ1n) is 13.8. The fourth-order valence-corrected chi connectivity index (χ4v) is 5.55. The second kappa shape index (κ2) is 13.9. The molecule has 0 aromatic heterocycles. The van der Waals surface area contributed by atoms with Crippen molar-refractivity contribution >= 4 is 41.1 Å². The van der Waals surface area contributed by atoms with E-state index in [9.17, 15) is 19.1 Å². The van der Waals surface area contributed by atoms with E-state index in [1.165, 1.54) is 12.1 Å². The van der Waals surface area contributed by atoms with Gasteiger partial charge >= 0.3 is 5.97 Å². The fraction of sp³-hybridized carbons (Fsp3) is 0.394. The molecule has 3 aromatic rings. The molecule has 0 radical (unpaired) electrons. The number of benzene rings is 3. The van der Waals surface area contributed by atoms with Gasteiger partial charge in [0.25, 0.3) is 0 Å². The summed E-state index contributed by atoms with van der Waals surface area (Å²) >= 11 is 11.2. The monoisotopic (exact) mass is 617 g/mol. The predicted molar refractivity (Wildman–Crippen MR) is 167 cm³/mol. The Morgan fingerprint density at radius 1 is 1.12 bits per heavy atom. The van der Waals surface area contributed by atoms with Crippen molar-refractivity contribution in [3.8, 4) is 16.9 Å². The largest absolute Gasteiger partial charge is 0.490 e. The van der Waals surface area contributed by atoms with Crippen molar-refractivity contribution in [2.75, 3.05) is 25.1 Å². The van der Waals surface area contributed by atoms with Gasteiger partial charge in [0.1, 0.15) is 0 Å². The molecule has 5 rings (SSSR count). The topological polar surface area (TPSA) is 87.1 Å². The van der Waals surface area contributed by atoms with Crippen LogP contribution >= 0.6 is 23.2 Å². The van der Waals surface area contributed by atoms with Crippen LogP contribution in [0.15, 0.2) is 30.3 Å². The molecule has 0 saturated carbocycles. The lowest BCUT2D eigenvalue weighted by atomic mass is 9.84. The molecule has 0 bridgehead atoms. The van der Waals surface area contributed by atoms with Crippen LogP contribution in [0.3, 0.4) is 0 Å². The Labute approximate surface area is 257 Å². The van der Waals surface area contributed by atoms with Crippen molar-refractivity contribution in [3.05, 3.63) is 79.6 Å². The van der Waals surface area contributed by atoms with E-state index >= 15 is 0 Å². The Hall–Kier alpha value is -3.13. The molecule has 2 aliphatic heterocycles. The molecule has 0 saturated heterocycles. The van der Waals surface area contributed by atoms with Crippen LogP contribution < -0.4 is 9.64 Å². The molecule has 2 heterocycles. The quantitative estimate of drug-likeness (QED) is 0.293. The number of aryl methyl sites for hydroxylation is 1. The van der Waals surface area contributed by atoms with Gasteiger partial charge in [0.15, 0.2) is 17.9 Å². The highest BCUT2D eigenvalue weighted by Gasteiger charge is 2.28. The molecule has 226 valence electrons. The van der Waals surface area contributed by atoms with Gasteiger partial charge in [0.2, 0.25) is 0 Å². The number of carboxylic acid groups (broad SMARTS) is 1. The lowest BCUT2D eigenvalue weighted by Gasteiger charge is -2.25. The molecule has 2 N–H and O–H groups in total. The molecule has 3 aromatic carbocycles. The lowest BCUT2D eigenvalue weighted by Crippen LogP contribution is -2.14. The lowest BCUT2D eigenvalue weighted by molar-refractivity contribution is -0.136. The fourth-order valence-electron chi connectivity index (χ4n) is 5.10. The Bertz CT molecular complexity index is 1480. The zero-order valence-corrected chi connectivity index (χ0v) is 26.4. The van der Waals surface area contributed by atoms with Gasteiger partial charge in [-0.1, -0.05) is 23.2 Å². The molecular weight excluding hydrogens is 580 g/mol. The van der Waals surface area contributed by atoms with Crippen molar-refractivity contribution < 1.29 is 28.9 Å². The molecule has 6 nitrogen and oxygen atoms in total. The Kier molecular flexibility index (Phi) is 11.0.